The van der Waals surface area contributed by atoms with E-state index >= 15 is 0 Å². The number of benzene rings is 1. The quantitative estimate of drug-likeness (QED) is 0.297. The van der Waals surface area contributed by atoms with E-state index in [1.54, 1.807) is 24.3 Å². The van der Waals surface area contributed by atoms with Crippen LogP contribution in [0.1, 0.15) is 19.4 Å². The van der Waals surface area contributed by atoms with Crippen molar-refractivity contribution in [3.8, 4) is 0 Å². The van der Waals surface area contributed by atoms with Crippen LogP contribution in [0.2, 0.25) is 0 Å². The number of rotatable bonds is 10. The molecule has 0 bridgehead atoms. The van der Waals surface area contributed by atoms with Crippen molar-refractivity contribution in [3.63, 3.8) is 0 Å². The van der Waals surface area contributed by atoms with Crippen molar-refractivity contribution < 1.29 is 38.2 Å². The van der Waals surface area contributed by atoms with E-state index in [1.807, 2.05) is 6.07 Å². The molecule has 31 heavy (non-hydrogen) atoms. The van der Waals surface area contributed by atoms with Crippen molar-refractivity contribution in [2.24, 2.45) is 11.8 Å². The van der Waals surface area contributed by atoms with Gasteiger partial charge in [-0.3, -0.25) is 19.2 Å². The Labute approximate surface area is 180 Å². The first-order valence-corrected chi connectivity index (χ1v) is 9.51. The summed E-state index contributed by atoms with van der Waals surface area (Å²) in [7, 11) is 3.28. The van der Waals surface area contributed by atoms with Gasteiger partial charge < -0.3 is 24.8 Å². The van der Waals surface area contributed by atoms with Gasteiger partial charge in [-0.15, -0.1) is 0 Å². The zero-order chi connectivity index (χ0) is 23.6. The second kappa shape index (κ2) is 12.3. The Balaban J connectivity index is 3.17. The summed E-state index contributed by atoms with van der Waals surface area (Å²) >= 11 is 0. The molecule has 0 unspecified atom stereocenters. The van der Waals surface area contributed by atoms with E-state index < -0.39 is 53.6 Å². The molecule has 2 N–H and O–H groups in total. The molecule has 2 amide bonds. The monoisotopic (exact) mass is 436 g/mol. The van der Waals surface area contributed by atoms with E-state index in [0.29, 0.717) is 0 Å². The molecule has 1 aromatic carbocycles. The number of esters is 3. The van der Waals surface area contributed by atoms with Crippen LogP contribution >= 0.6 is 0 Å². The second-order valence-corrected chi connectivity index (χ2v) is 6.84. The smallest absolute Gasteiger partial charge is 0.328 e. The molecule has 3 atom stereocenters. The average molecular weight is 436 g/mol. The van der Waals surface area contributed by atoms with E-state index in [0.717, 1.165) is 26.9 Å². The maximum absolute atomic E-state index is 13.0. The lowest BCUT2D eigenvalue weighted by atomic mass is 9.87. The second-order valence-electron chi connectivity index (χ2n) is 6.84. The van der Waals surface area contributed by atoms with Gasteiger partial charge in [0.25, 0.3) is 0 Å². The van der Waals surface area contributed by atoms with Gasteiger partial charge in [0.1, 0.15) is 12.1 Å². The summed E-state index contributed by atoms with van der Waals surface area (Å²) in [6.45, 7) is 2.67. The lowest BCUT2D eigenvalue weighted by Gasteiger charge is -2.28. The fraction of sp³-hybridized carbons (Fsp3) is 0.476. The van der Waals surface area contributed by atoms with Gasteiger partial charge in [-0.1, -0.05) is 37.3 Å². The molecule has 1 aromatic rings. The highest BCUT2D eigenvalue weighted by molar-refractivity contribution is 5.97. The summed E-state index contributed by atoms with van der Waals surface area (Å²) in [5, 5.41) is 5.03. The van der Waals surface area contributed by atoms with Crippen molar-refractivity contribution in [1.29, 1.82) is 0 Å². The summed E-state index contributed by atoms with van der Waals surface area (Å²) in [5.41, 5.74) is 0.779. The van der Waals surface area contributed by atoms with Crippen LogP contribution < -0.4 is 10.6 Å². The Morgan fingerprint density at radius 2 is 1.35 bits per heavy atom. The van der Waals surface area contributed by atoms with Crippen LogP contribution in [0.4, 0.5) is 0 Å². The zero-order valence-corrected chi connectivity index (χ0v) is 18.2. The molecule has 0 heterocycles. The topological polar surface area (TPSA) is 137 Å². The van der Waals surface area contributed by atoms with Crippen LogP contribution in [0, 0.1) is 11.8 Å². The van der Waals surface area contributed by atoms with E-state index in [2.05, 4.69) is 20.1 Å². The van der Waals surface area contributed by atoms with Gasteiger partial charge in [0, 0.05) is 19.3 Å². The van der Waals surface area contributed by atoms with Crippen molar-refractivity contribution in [1.82, 2.24) is 10.6 Å². The third kappa shape index (κ3) is 7.40. The van der Waals surface area contributed by atoms with Crippen molar-refractivity contribution >= 4 is 29.7 Å². The van der Waals surface area contributed by atoms with Crippen LogP contribution in [-0.2, 0) is 44.6 Å². The summed E-state index contributed by atoms with van der Waals surface area (Å²) in [4.78, 5) is 61.2. The van der Waals surface area contributed by atoms with Gasteiger partial charge in [0.15, 0.2) is 5.92 Å². The largest absolute Gasteiger partial charge is 0.468 e. The molecule has 0 aliphatic carbocycles. The molecular formula is C21H28N2O8. The third-order valence-electron chi connectivity index (χ3n) is 4.69. The standard InChI is InChI=1S/C21H28N2O8/c1-12(16(19(26)29-3)20(27)30-4)17(21(28)31-5)23-18(25)15(22-13(2)24)11-14-9-7-6-8-10-14/h6-10,12,15-17H,11H2,1-5H3,(H,22,24)(H,23,25)/t12-,15-,17+/m1/s1. The summed E-state index contributed by atoms with van der Waals surface area (Å²) in [6, 6.07) is 6.57. The van der Waals surface area contributed by atoms with Crippen LogP contribution in [0.15, 0.2) is 30.3 Å². The van der Waals surface area contributed by atoms with E-state index in [1.165, 1.54) is 13.8 Å². The van der Waals surface area contributed by atoms with Crippen LogP contribution in [0.5, 0.6) is 0 Å². The highest BCUT2D eigenvalue weighted by Crippen LogP contribution is 2.21. The molecule has 0 spiro atoms. The maximum Gasteiger partial charge on any atom is 0.328 e. The minimum absolute atomic E-state index is 0.159. The number of methoxy groups -OCH3 is 3. The highest BCUT2D eigenvalue weighted by Gasteiger charge is 2.43. The molecule has 170 valence electrons. The van der Waals surface area contributed by atoms with Crippen LogP contribution in [0.25, 0.3) is 0 Å². The van der Waals surface area contributed by atoms with Gasteiger partial charge in [0.2, 0.25) is 11.8 Å². The van der Waals surface area contributed by atoms with E-state index in [9.17, 15) is 24.0 Å². The minimum atomic E-state index is -1.48. The first-order valence-electron chi connectivity index (χ1n) is 9.51. The van der Waals surface area contributed by atoms with Gasteiger partial charge >= 0.3 is 17.9 Å². The predicted molar refractivity (Wildman–Crippen MR) is 108 cm³/mol. The van der Waals surface area contributed by atoms with Gasteiger partial charge in [-0.25, -0.2) is 4.79 Å². The highest BCUT2D eigenvalue weighted by atomic mass is 16.5. The number of hydrogen-bond donors (Lipinski definition) is 2. The number of amides is 2. The molecule has 0 radical (unpaired) electrons. The maximum atomic E-state index is 13.0. The number of carbonyl (C=O) groups excluding carboxylic acids is 5. The van der Waals surface area contributed by atoms with Gasteiger partial charge in [-0.2, -0.15) is 0 Å². The number of carbonyl (C=O) groups is 5. The number of nitrogens with one attached hydrogen (secondary N) is 2. The van der Waals surface area contributed by atoms with Crippen LogP contribution in [0.3, 0.4) is 0 Å². The molecule has 0 aliphatic rings. The molecule has 0 aliphatic heterocycles. The van der Waals surface area contributed by atoms with E-state index in [-0.39, 0.29) is 6.42 Å². The van der Waals surface area contributed by atoms with Gasteiger partial charge in [0.05, 0.1) is 21.3 Å². The van der Waals surface area contributed by atoms with Crippen molar-refractivity contribution in [2.45, 2.75) is 32.4 Å². The first kappa shape index (κ1) is 25.6. The fourth-order valence-electron chi connectivity index (χ4n) is 3.06. The lowest BCUT2D eigenvalue weighted by Crippen LogP contribution is -2.56. The SMILES string of the molecule is COC(=O)C(C(=O)OC)[C@@H](C)[C@H](NC(=O)[C@@H](Cc1ccccc1)NC(C)=O)C(=O)OC. The molecule has 1 rings (SSSR count). The Morgan fingerprint density at radius 3 is 1.81 bits per heavy atom. The lowest BCUT2D eigenvalue weighted by molar-refractivity contribution is -0.163. The summed E-state index contributed by atoms with van der Waals surface area (Å²) < 4.78 is 14.0. The summed E-state index contributed by atoms with van der Waals surface area (Å²) in [5.74, 6) is -6.40. The molecule has 10 heteroatoms. The Hall–Kier alpha value is -3.43. The molecule has 0 saturated carbocycles. The Kier molecular flexibility index (Phi) is 10.2. The fourth-order valence-corrected chi connectivity index (χ4v) is 3.06. The minimum Gasteiger partial charge on any atom is -0.468 e. The first-order chi connectivity index (χ1) is 14.7. The molecule has 0 fully saturated rings. The zero-order valence-electron chi connectivity index (χ0n) is 18.2. The molecule has 10 nitrogen and oxygen atoms in total. The van der Waals surface area contributed by atoms with Crippen molar-refractivity contribution in [2.75, 3.05) is 21.3 Å². The van der Waals surface area contributed by atoms with Crippen LogP contribution in [-0.4, -0.2) is 63.1 Å². The molecule has 0 aromatic heterocycles. The number of ether oxygens (including phenoxy) is 3. The molecular weight excluding hydrogens is 408 g/mol. The summed E-state index contributed by atoms with van der Waals surface area (Å²) in [6.07, 6.45) is 0.159. The number of hydrogen-bond acceptors (Lipinski definition) is 8. The Morgan fingerprint density at radius 1 is 0.839 bits per heavy atom. The molecule has 0 saturated heterocycles. The van der Waals surface area contributed by atoms with Gasteiger partial charge in [-0.05, 0) is 5.56 Å². The van der Waals surface area contributed by atoms with Crippen molar-refractivity contribution in [3.05, 3.63) is 35.9 Å². The third-order valence-corrected chi connectivity index (χ3v) is 4.69. The Bertz CT molecular complexity index is 780. The normalized spacial score (nSPS) is 13.4. The predicted octanol–water partition coefficient (Wildman–Crippen LogP) is -0.0101. The average Bonchev–Trinajstić information content (AvgIpc) is 2.76. The van der Waals surface area contributed by atoms with E-state index in [4.69, 9.17) is 4.74 Å².